The highest BCUT2D eigenvalue weighted by atomic mass is 32.1. The van der Waals surface area contributed by atoms with Crippen molar-refractivity contribution in [3.63, 3.8) is 0 Å². The van der Waals surface area contributed by atoms with E-state index in [1.54, 1.807) is 29.6 Å². The molecule has 0 aliphatic heterocycles. The van der Waals surface area contributed by atoms with E-state index < -0.39 is 6.43 Å². The summed E-state index contributed by atoms with van der Waals surface area (Å²) >= 11 is 1.43. The lowest BCUT2D eigenvalue weighted by Gasteiger charge is -2.03. The fraction of sp³-hybridized carbons (Fsp3) is 0.0769. The molecule has 0 unspecified atom stereocenters. The Balaban J connectivity index is 1.87. The molecule has 0 atom stereocenters. The lowest BCUT2D eigenvalue weighted by molar-refractivity contribution is 0.102. The zero-order chi connectivity index (χ0) is 14.1. The Bertz CT molecular complexity index is 752. The number of aromatic nitrogens is 2. The zero-order valence-electron chi connectivity index (χ0n) is 10.1. The maximum absolute atomic E-state index is 12.5. The first-order valence-electron chi connectivity index (χ1n) is 5.75. The van der Waals surface area contributed by atoms with Crippen LogP contribution in [0.3, 0.4) is 0 Å². The summed E-state index contributed by atoms with van der Waals surface area (Å²) in [6.45, 7) is 0. The Morgan fingerprint density at radius 2 is 2.20 bits per heavy atom. The highest BCUT2D eigenvalue weighted by Gasteiger charge is 2.13. The topological polar surface area (TPSA) is 57.8 Å². The van der Waals surface area contributed by atoms with Crippen molar-refractivity contribution in [2.45, 2.75) is 6.43 Å². The molecular weight excluding hydrogens is 284 g/mol. The lowest BCUT2D eigenvalue weighted by atomic mass is 10.2. The molecule has 1 aromatic carbocycles. The first-order valence-corrected chi connectivity index (χ1v) is 6.69. The van der Waals surface area contributed by atoms with Gasteiger partial charge in [0, 0.05) is 11.1 Å². The Morgan fingerprint density at radius 3 is 2.90 bits per heavy atom. The largest absolute Gasteiger partial charge is 0.337 e. The summed E-state index contributed by atoms with van der Waals surface area (Å²) in [7, 11) is 0. The molecule has 0 aliphatic carbocycles. The van der Waals surface area contributed by atoms with E-state index >= 15 is 0 Å². The number of carbonyl (C=O) groups is 1. The van der Waals surface area contributed by atoms with Crippen molar-refractivity contribution in [1.29, 1.82) is 0 Å². The van der Waals surface area contributed by atoms with Crippen molar-refractivity contribution in [2.24, 2.45) is 0 Å². The van der Waals surface area contributed by atoms with E-state index in [4.69, 9.17) is 0 Å². The number of amides is 1. The molecule has 7 heteroatoms. The third-order valence-corrected chi connectivity index (χ3v) is 3.43. The number of rotatable bonds is 3. The monoisotopic (exact) mass is 293 g/mol. The number of carbonyl (C=O) groups excluding carboxylic acids is 1. The number of fused-ring (bicyclic) bond motifs is 1. The number of aromatic amines is 1. The molecule has 3 rings (SSSR count). The van der Waals surface area contributed by atoms with Crippen LogP contribution in [0.4, 0.5) is 14.5 Å². The van der Waals surface area contributed by atoms with Crippen LogP contribution in [0.25, 0.3) is 11.0 Å². The molecule has 1 amide bonds. The van der Waals surface area contributed by atoms with Crippen LogP contribution in [0.1, 0.15) is 22.6 Å². The normalized spacial score (nSPS) is 11.2. The minimum Gasteiger partial charge on any atom is -0.337 e. The number of anilines is 1. The van der Waals surface area contributed by atoms with Gasteiger partial charge in [-0.05, 0) is 29.6 Å². The zero-order valence-corrected chi connectivity index (χ0v) is 10.9. The predicted molar refractivity (Wildman–Crippen MR) is 73.3 cm³/mol. The maximum Gasteiger partial charge on any atom is 0.295 e. The van der Waals surface area contributed by atoms with E-state index in [0.717, 1.165) is 0 Å². The smallest absolute Gasteiger partial charge is 0.295 e. The molecule has 0 bridgehead atoms. The SMILES string of the molecule is O=C(Nc1ccc2nc(C(F)F)[nH]c2c1)c1ccsc1. The summed E-state index contributed by atoms with van der Waals surface area (Å²) in [6, 6.07) is 6.51. The molecule has 102 valence electrons. The molecule has 0 radical (unpaired) electrons. The molecule has 2 N–H and O–H groups in total. The van der Waals surface area contributed by atoms with Gasteiger partial charge in [-0.15, -0.1) is 0 Å². The second kappa shape index (κ2) is 5.01. The lowest BCUT2D eigenvalue weighted by Crippen LogP contribution is -2.10. The first kappa shape index (κ1) is 12.7. The summed E-state index contributed by atoms with van der Waals surface area (Å²) < 4.78 is 25.1. The van der Waals surface area contributed by atoms with Crippen LogP contribution < -0.4 is 5.32 Å². The van der Waals surface area contributed by atoms with Crippen molar-refractivity contribution < 1.29 is 13.6 Å². The minimum absolute atomic E-state index is 0.237. The molecule has 0 spiro atoms. The first-order chi connectivity index (χ1) is 9.63. The maximum atomic E-state index is 12.5. The second-order valence-corrected chi connectivity index (χ2v) is 4.90. The Kier molecular flexibility index (Phi) is 3.19. The fourth-order valence-electron chi connectivity index (χ4n) is 1.81. The number of thiophene rings is 1. The molecule has 20 heavy (non-hydrogen) atoms. The van der Waals surface area contributed by atoms with Gasteiger partial charge in [0.05, 0.1) is 16.6 Å². The number of nitrogens with zero attached hydrogens (tertiary/aromatic N) is 1. The van der Waals surface area contributed by atoms with Crippen LogP contribution >= 0.6 is 11.3 Å². The summed E-state index contributed by atoms with van der Waals surface area (Å²) in [6.07, 6.45) is -2.65. The minimum atomic E-state index is -2.65. The van der Waals surface area contributed by atoms with Crippen LogP contribution in [-0.2, 0) is 0 Å². The highest BCUT2D eigenvalue weighted by molar-refractivity contribution is 7.08. The predicted octanol–water partition coefficient (Wildman–Crippen LogP) is 3.81. The van der Waals surface area contributed by atoms with Crippen molar-refractivity contribution in [3.05, 3.63) is 46.4 Å². The number of H-pyrrole nitrogens is 1. The highest BCUT2D eigenvalue weighted by Crippen LogP contribution is 2.22. The number of benzene rings is 1. The molecule has 3 aromatic rings. The van der Waals surface area contributed by atoms with E-state index in [9.17, 15) is 13.6 Å². The molecular formula is C13H9F2N3OS. The van der Waals surface area contributed by atoms with Crippen molar-refractivity contribution in [2.75, 3.05) is 5.32 Å². The van der Waals surface area contributed by atoms with Gasteiger partial charge in [-0.1, -0.05) is 0 Å². The van der Waals surface area contributed by atoms with E-state index in [1.807, 2.05) is 5.38 Å². The summed E-state index contributed by atoms with van der Waals surface area (Å²) in [5, 5.41) is 6.25. The van der Waals surface area contributed by atoms with Crippen molar-refractivity contribution in [3.8, 4) is 0 Å². The van der Waals surface area contributed by atoms with E-state index in [1.165, 1.54) is 11.3 Å². The third kappa shape index (κ3) is 2.39. The molecule has 2 aromatic heterocycles. The van der Waals surface area contributed by atoms with Gasteiger partial charge in [-0.2, -0.15) is 11.3 Å². The van der Waals surface area contributed by atoms with Gasteiger partial charge in [0.2, 0.25) is 0 Å². The second-order valence-electron chi connectivity index (χ2n) is 4.12. The summed E-state index contributed by atoms with van der Waals surface area (Å²) in [5.41, 5.74) is 1.99. The van der Waals surface area contributed by atoms with Crippen LogP contribution in [0.15, 0.2) is 35.0 Å². The quantitative estimate of drug-likeness (QED) is 0.771. The Morgan fingerprint density at radius 1 is 1.35 bits per heavy atom. The van der Waals surface area contributed by atoms with Gasteiger partial charge in [-0.25, -0.2) is 13.8 Å². The average molecular weight is 293 g/mol. The van der Waals surface area contributed by atoms with E-state index in [-0.39, 0.29) is 11.7 Å². The summed E-state index contributed by atoms with van der Waals surface area (Å²) in [4.78, 5) is 18.2. The van der Waals surface area contributed by atoms with E-state index in [0.29, 0.717) is 22.3 Å². The molecule has 0 saturated heterocycles. The number of imidazole rings is 1. The van der Waals surface area contributed by atoms with Crippen LogP contribution in [0.5, 0.6) is 0 Å². The number of nitrogens with one attached hydrogen (secondary N) is 2. The third-order valence-electron chi connectivity index (χ3n) is 2.75. The van der Waals surface area contributed by atoms with Crippen molar-refractivity contribution in [1.82, 2.24) is 9.97 Å². The fourth-order valence-corrected chi connectivity index (χ4v) is 2.44. The molecule has 0 fully saturated rings. The van der Waals surface area contributed by atoms with Gasteiger partial charge >= 0.3 is 0 Å². The number of halogens is 2. The van der Waals surface area contributed by atoms with Crippen molar-refractivity contribution >= 4 is 34.0 Å². The van der Waals surface area contributed by atoms with Crippen LogP contribution in [0.2, 0.25) is 0 Å². The molecule has 0 saturated carbocycles. The molecule has 4 nitrogen and oxygen atoms in total. The van der Waals surface area contributed by atoms with Crippen LogP contribution in [-0.4, -0.2) is 15.9 Å². The summed E-state index contributed by atoms with van der Waals surface area (Å²) in [5.74, 6) is -0.611. The van der Waals surface area contributed by atoms with Gasteiger partial charge in [0.15, 0.2) is 5.82 Å². The average Bonchev–Trinajstić information content (AvgIpc) is 3.07. The molecule has 2 heterocycles. The van der Waals surface area contributed by atoms with Crippen LogP contribution in [0, 0.1) is 0 Å². The standard InChI is InChI=1S/C13H9F2N3OS/c14-11(15)12-17-9-2-1-8(5-10(9)18-12)16-13(19)7-3-4-20-6-7/h1-6,11H,(H,16,19)(H,17,18). The van der Waals surface area contributed by atoms with Gasteiger partial charge in [0.25, 0.3) is 12.3 Å². The molecule has 0 aliphatic rings. The Labute approximate surface area is 116 Å². The van der Waals surface area contributed by atoms with Gasteiger partial charge < -0.3 is 10.3 Å². The number of hydrogen-bond acceptors (Lipinski definition) is 3. The van der Waals surface area contributed by atoms with Gasteiger partial charge in [-0.3, -0.25) is 4.79 Å². The number of hydrogen-bond donors (Lipinski definition) is 2. The number of alkyl halides is 2. The Hall–Kier alpha value is -2.28. The van der Waals surface area contributed by atoms with E-state index in [2.05, 4.69) is 15.3 Å². The van der Waals surface area contributed by atoms with Gasteiger partial charge in [0.1, 0.15) is 0 Å².